The largest absolute Gasteiger partial charge is 0.417 e. The Balaban J connectivity index is 2.06. The summed E-state index contributed by atoms with van der Waals surface area (Å²) in [6.07, 6.45) is 1.96. The number of alkyl halides is 3. The van der Waals surface area contributed by atoms with Gasteiger partial charge in [0.25, 0.3) is 0 Å². The smallest absolute Gasteiger partial charge is 0.293 e. The molecule has 2 rings (SSSR count). The molecule has 0 saturated heterocycles. The van der Waals surface area contributed by atoms with Crippen molar-refractivity contribution in [1.29, 1.82) is 0 Å². The number of hydrogen-bond acceptors (Lipinski definition) is 3. The Bertz CT molecular complexity index is 455. The molecular formula is C13H14F3NOS. The van der Waals surface area contributed by atoms with Crippen molar-refractivity contribution in [1.82, 2.24) is 4.98 Å². The third-order valence-electron chi connectivity index (χ3n) is 3.18. The van der Waals surface area contributed by atoms with E-state index >= 15 is 0 Å². The lowest BCUT2D eigenvalue weighted by atomic mass is 10.1. The molecule has 0 radical (unpaired) electrons. The summed E-state index contributed by atoms with van der Waals surface area (Å²) in [7, 11) is 0. The van der Waals surface area contributed by atoms with Gasteiger partial charge in [-0.15, -0.1) is 0 Å². The monoisotopic (exact) mass is 289 g/mol. The standard InChI is InChI=1S/C13H14F3NOS/c14-13(15,16)11-5-6-17-7-10(11)12(18)8-19-9-3-1-2-4-9/h5-7,9H,1-4,8H2. The molecule has 1 aromatic heterocycles. The van der Waals surface area contributed by atoms with Gasteiger partial charge in [-0.2, -0.15) is 24.9 Å². The zero-order chi connectivity index (χ0) is 13.9. The highest BCUT2D eigenvalue weighted by atomic mass is 32.2. The molecule has 6 heteroatoms. The maximum absolute atomic E-state index is 12.8. The number of hydrogen-bond donors (Lipinski definition) is 0. The van der Waals surface area contributed by atoms with E-state index in [2.05, 4.69) is 4.98 Å². The van der Waals surface area contributed by atoms with E-state index in [4.69, 9.17) is 0 Å². The molecular weight excluding hydrogens is 275 g/mol. The van der Waals surface area contributed by atoms with Gasteiger partial charge >= 0.3 is 6.18 Å². The fraction of sp³-hybridized carbons (Fsp3) is 0.538. The van der Waals surface area contributed by atoms with Crippen LogP contribution in [0.15, 0.2) is 18.5 Å². The Hall–Kier alpha value is -1.04. The van der Waals surface area contributed by atoms with Gasteiger partial charge in [0.1, 0.15) is 0 Å². The Morgan fingerprint density at radius 2 is 2.05 bits per heavy atom. The number of thioether (sulfide) groups is 1. The van der Waals surface area contributed by atoms with Crippen molar-refractivity contribution in [3.63, 3.8) is 0 Å². The van der Waals surface area contributed by atoms with Crippen LogP contribution in [0, 0.1) is 0 Å². The summed E-state index contributed by atoms with van der Waals surface area (Å²) in [5, 5.41) is 0.412. The van der Waals surface area contributed by atoms with E-state index in [0.717, 1.165) is 44.1 Å². The lowest BCUT2D eigenvalue weighted by Crippen LogP contribution is -2.15. The van der Waals surface area contributed by atoms with E-state index < -0.39 is 17.5 Å². The van der Waals surface area contributed by atoms with Gasteiger partial charge in [0.05, 0.1) is 11.3 Å². The first-order valence-electron chi connectivity index (χ1n) is 6.14. The minimum absolute atomic E-state index is 0.0967. The minimum atomic E-state index is -4.51. The fourth-order valence-corrected chi connectivity index (χ4v) is 3.40. The number of ketones is 1. The zero-order valence-electron chi connectivity index (χ0n) is 10.2. The van der Waals surface area contributed by atoms with Crippen LogP contribution in [0.1, 0.15) is 41.6 Å². The van der Waals surface area contributed by atoms with Crippen LogP contribution >= 0.6 is 11.8 Å². The second-order valence-electron chi connectivity index (χ2n) is 4.56. The highest BCUT2D eigenvalue weighted by Gasteiger charge is 2.35. The van der Waals surface area contributed by atoms with Gasteiger partial charge in [0.2, 0.25) is 0 Å². The van der Waals surface area contributed by atoms with Crippen molar-refractivity contribution in [2.45, 2.75) is 37.1 Å². The first-order valence-corrected chi connectivity index (χ1v) is 7.19. The van der Waals surface area contributed by atoms with Crippen LogP contribution in [0.4, 0.5) is 13.2 Å². The van der Waals surface area contributed by atoms with Gasteiger partial charge < -0.3 is 0 Å². The molecule has 0 aromatic carbocycles. The number of aromatic nitrogens is 1. The molecule has 1 aliphatic carbocycles. The summed E-state index contributed by atoms with van der Waals surface area (Å²) in [6.45, 7) is 0. The summed E-state index contributed by atoms with van der Waals surface area (Å²) in [6, 6.07) is 0.855. The molecule has 1 aliphatic rings. The quantitative estimate of drug-likeness (QED) is 0.786. The minimum Gasteiger partial charge on any atom is -0.293 e. The third kappa shape index (κ3) is 3.72. The normalized spacial score (nSPS) is 16.8. The highest BCUT2D eigenvalue weighted by Crippen LogP contribution is 2.33. The van der Waals surface area contributed by atoms with Crippen molar-refractivity contribution in [3.8, 4) is 0 Å². The van der Waals surface area contributed by atoms with Crippen LogP contribution in [0.25, 0.3) is 0 Å². The number of carbonyl (C=O) groups is 1. The van der Waals surface area contributed by atoms with Crippen LogP contribution in [-0.2, 0) is 6.18 Å². The number of rotatable bonds is 4. The van der Waals surface area contributed by atoms with Gasteiger partial charge in [-0.1, -0.05) is 12.8 Å². The molecule has 1 fully saturated rings. The molecule has 0 atom stereocenters. The highest BCUT2D eigenvalue weighted by molar-refractivity contribution is 8.00. The first kappa shape index (κ1) is 14.4. The zero-order valence-corrected chi connectivity index (χ0v) is 11.1. The maximum atomic E-state index is 12.8. The molecule has 0 amide bonds. The topological polar surface area (TPSA) is 30.0 Å². The molecule has 0 aliphatic heterocycles. The van der Waals surface area contributed by atoms with Crippen LogP contribution in [0.2, 0.25) is 0 Å². The fourth-order valence-electron chi connectivity index (χ4n) is 2.19. The summed E-state index contributed by atoms with van der Waals surface area (Å²) in [5.41, 5.74) is -1.21. The molecule has 19 heavy (non-hydrogen) atoms. The molecule has 0 unspecified atom stereocenters. The SMILES string of the molecule is O=C(CSC1CCCC1)c1cnccc1C(F)(F)F. The van der Waals surface area contributed by atoms with Crippen molar-refractivity contribution in [2.75, 3.05) is 5.75 Å². The van der Waals surface area contributed by atoms with E-state index in [-0.39, 0.29) is 11.3 Å². The summed E-state index contributed by atoms with van der Waals surface area (Å²) < 4.78 is 38.3. The van der Waals surface area contributed by atoms with Crippen molar-refractivity contribution in [3.05, 3.63) is 29.6 Å². The Morgan fingerprint density at radius 3 is 2.68 bits per heavy atom. The molecule has 104 valence electrons. The molecule has 0 bridgehead atoms. The van der Waals surface area contributed by atoms with Crippen LogP contribution < -0.4 is 0 Å². The molecule has 1 heterocycles. The van der Waals surface area contributed by atoms with Gasteiger partial charge in [0, 0.05) is 23.2 Å². The second-order valence-corrected chi connectivity index (χ2v) is 5.85. The molecule has 1 aromatic rings. The number of pyridine rings is 1. The van der Waals surface area contributed by atoms with Gasteiger partial charge in [-0.05, 0) is 18.9 Å². The number of halogens is 3. The summed E-state index contributed by atoms with van der Waals surface area (Å²) in [4.78, 5) is 15.5. The predicted molar refractivity (Wildman–Crippen MR) is 68.3 cm³/mol. The summed E-state index contributed by atoms with van der Waals surface area (Å²) in [5.74, 6) is -0.392. The average molecular weight is 289 g/mol. The van der Waals surface area contributed by atoms with Gasteiger partial charge in [0.15, 0.2) is 5.78 Å². The second kappa shape index (κ2) is 5.94. The van der Waals surface area contributed by atoms with E-state index in [9.17, 15) is 18.0 Å². The maximum Gasteiger partial charge on any atom is 0.417 e. The Kier molecular flexibility index (Phi) is 4.50. The Morgan fingerprint density at radius 1 is 1.37 bits per heavy atom. The Labute approximate surface area is 113 Å². The van der Waals surface area contributed by atoms with Gasteiger partial charge in [-0.25, -0.2) is 0 Å². The molecule has 0 spiro atoms. The van der Waals surface area contributed by atoms with E-state index in [1.165, 1.54) is 11.8 Å². The molecule has 0 N–H and O–H groups in total. The third-order valence-corrected chi connectivity index (χ3v) is 4.55. The summed E-state index contributed by atoms with van der Waals surface area (Å²) >= 11 is 1.46. The van der Waals surface area contributed by atoms with E-state index in [1.54, 1.807) is 0 Å². The van der Waals surface area contributed by atoms with Crippen LogP contribution in [-0.4, -0.2) is 21.8 Å². The lowest BCUT2D eigenvalue weighted by Gasteiger charge is -2.12. The molecule has 1 saturated carbocycles. The number of Topliss-reactive ketones (excluding diaryl/α,β-unsaturated/α-hetero) is 1. The van der Waals surface area contributed by atoms with Crippen molar-refractivity contribution < 1.29 is 18.0 Å². The van der Waals surface area contributed by atoms with Crippen LogP contribution in [0.3, 0.4) is 0 Å². The number of carbonyl (C=O) groups excluding carboxylic acids is 1. The van der Waals surface area contributed by atoms with Gasteiger partial charge in [-0.3, -0.25) is 9.78 Å². The van der Waals surface area contributed by atoms with E-state index in [1.807, 2.05) is 0 Å². The predicted octanol–water partition coefficient (Wildman–Crippen LogP) is 3.96. The van der Waals surface area contributed by atoms with Crippen LogP contribution in [0.5, 0.6) is 0 Å². The lowest BCUT2D eigenvalue weighted by molar-refractivity contribution is -0.138. The first-order chi connectivity index (χ1) is 8.98. The van der Waals surface area contributed by atoms with Crippen molar-refractivity contribution >= 4 is 17.5 Å². The number of nitrogens with zero attached hydrogens (tertiary/aromatic N) is 1. The molecule has 2 nitrogen and oxygen atoms in total. The average Bonchev–Trinajstić information content (AvgIpc) is 2.88. The van der Waals surface area contributed by atoms with Crippen molar-refractivity contribution in [2.24, 2.45) is 0 Å². The van der Waals surface area contributed by atoms with E-state index in [0.29, 0.717) is 5.25 Å².